The lowest BCUT2D eigenvalue weighted by atomic mass is 9.75. The molecule has 3 atom stereocenters. The van der Waals surface area contributed by atoms with Gasteiger partial charge in [0.25, 0.3) is 0 Å². The molecule has 0 fully saturated rings. The van der Waals surface area contributed by atoms with Gasteiger partial charge in [0.2, 0.25) is 0 Å². The van der Waals surface area contributed by atoms with Crippen LogP contribution in [0.25, 0.3) is 0 Å². The summed E-state index contributed by atoms with van der Waals surface area (Å²) in [6.45, 7) is 18.7. The van der Waals surface area contributed by atoms with Gasteiger partial charge in [-0.05, 0) is 67.1 Å². The van der Waals surface area contributed by atoms with E-state index < -0.39 is 5.97 Å². The van der Waals surface area contributed by atoms with Gasteiger partial charge >= 0.3 is 5.97 Å². The third-order valence-corrected chi connectivity index (χ3v) is 6.44. The monoisotopic (exact) mass is 510 g/mol. The zero-order valence-electron chi connectivity index (χ0n) is 25.2. The Hall–Kier alpha value is -1.75. The molecule has 1 aromatic rings. The van der Waals surface area contributed by atoms with Crippen molar-refractivity contribution in [2.75, 3.05) is 27.4 Å². The molecule has 5 nitrogen and oxygen atoms in total. The third kappa shape index (κ3) is 16.8. The van der Waals surface area contributed by atoms with Crippen molar-refractivity contribution in [1.29, 1.82) is 0 Å². The Balaban J connectivity index is 0. The molecule has 0 saturated carbocycles. The van der Waals surface area contributed by atoms with Crippen LogP contribution in [0.3, 0.4) is 0 Å². The molecule has 36 heavy (non-hydrogen) atoms. The Bertz CT molecular complexity index is 644. The topological polar surface area (TPSA) is 65.0 Å². The first kappa shape index (κ1) is 36.4. The molecule has 0 radical (unpaired) electrons. The minimum Gasteiger partial charge on any atom is -0.493 e. The average Bonchev–Trinajstić information content (AvgIpc) is 2.86. The smallest absolute Gasteiger partial charge is 0.303 e. The van der Waals surface area contributed by atoms with Crippen molar-refractivity contribution in [2.45, 2.75) is 107 Å². The lowest BCUT2D eigenvalue weighted by molar-refractivity contribution is -0.137. The number of methoxy groups -OCH3 is 2. The second kappa shape index (κ2) is 23.6. The number of ether oxygens (including phenoxy) is 3. The van der Waals surface area contributed by atoms with Crippen LogP contribution in [0, 0.1) is 23.7 Å². The van der Waals surface area contributed by atoms with E-state index in [1.807, 2.05) is 19.9 Å². The molecule has 0 aliphatic carbocycles. The van der Waals surface area contributed by atoms with E-state index in [4.69, 9.17) is 19.3 Å². The van der Waals surface area contributed by atoms with Gasteiger partial charge in [0, 0.05) is 26.6 Å². The number of hydrogen-bond donors (Lipinski definition) is 1. The fraction of sp³-hybridized carbons (Fsp3) is 0.774. The largest absolute Gasteiger partial charge is 0.493 e. The first-order valence-electron chi connectivity index (χ1n) is 14.2. The minimum atomic E-state index is -0.695. The van der Waals surface area contributed by atoms with Gasteiger partial charge in [0.15, 0.2) is 11.5 Å². The molecule has 1 rings (SSSR count). The molecule has 0 aromatic heterocycles. The van der Waals surface area contributed by atoms with Crippen LogP contribution in [0.1, 0.15) is 106 Å². The van der Waals surface area contributed by atoms with Gasteiger partial charge in [-0.1, -0.05) is 74.3 Å². The van der Waals surface area contributed by atoms with E-state index in [0.29, 0.717) is 36.9 Å². The first-order chi connectivity index (χ1) is 17.2. The first-order valence-corrected chi connectivity index (χ1v) is 14.2. The van der Waals surface area contributed by atoms with Gasteiger partial charge in [0.1, 0.15) is 0 Å². The Morgan fingerprint density at radius 1 is 0.944 bits per heavy atom. The predicted molar refractivity (Wildman–Crippen MR) is 153 cm³/mol. The molecular weight excluding hydrogens is 452 g/mol. The minimum absolute atomic E-state index is 0.265. The predicted octanol–water partition coefficient (Wildman–Crippen LogP) is 8.68. The number of hydrogen-bond acceptors (Lipinski definition) is 4. The van der Waals surface area contributed by atoms with E-state index in [2.05, 4.69) is 53.7 Å². The second-order valence-electron chi connectivity index (χ2n) is 9.76. The third-order valence-electron chi connectivity index (χ3n) is 6.44. The van der Waals surface area contributed by atoms with Gasteiger partial charge in [-0.2, -0.15) is 0 Å². The van der Waals surface area contributed by atoms with Crippen LogP contribution in [0.4, 0.5) is 0 Å². The quantitative estimate of drug-likeness (QED) is 0.212. The molecule has 212 valence electrons. The highest BCUT2D eigenvalue weighted by Gasteiger charge is 2.24. The maximum atomic E-state index is 11.0. The number of carbonyl (C=O) groups is 1. The molecule has 1 N–H and O–H groups in total. The molecule has 0 bridgehead atoms. The van der Waals surface area contributed by atoms with Crippen molar-refractivity contribution in [3.63, 3.8) is 0 Å². The highest BCUT2D eigenvalue weighted by atomic mass is 16.5. The lowest BCUT2D eigenvalue weighted by Crippen LogP contribution is -2.21. The Morgan fingerprint density at radius 2 is 1.58 bits per heavy atom. The highest BCUT2D eigenvalue weighted by molar-refractivity contribution is 5.66. The van der Waals surface area contributed by atoms with E-state index in [1.54, 1.807) is 14.2 Å². The van der Waals surface area contributed by atoms with Crippen LogP contribution in [-0.4, -0.2) is 38.5 Å². The fourth-order valence-electron chi connectivity index (χ4n) is 4.11. The van der Waals surface area contributed by atoms with E-state index in [-0.39, 0.29) is 6.42 Å². The summed E-state index contributed by atoms with van der Waals surface area (Å²) in [6.07, 6.45) is 7.35. The molecule has 0 aliphatic heterocycles. The Kier molecular flexibility index (Phi) is 23.9. The van der Waals surface area contributed by atoms with Crippen molar-refractivity contribution < 1.29 is 24.1 Å². The summed E-state index contributed by atoms with van der Waals surface area (Å²) < 4.78 is 16.5. The van der Waals surface area contributed by atoms with E-state index in [1.165, 1.54) is 12.0 Å². The molecule has 3 unspecified atom stereocenters. The summed E-state index contributed by atoms with van der Waals surface area (Å²) >= 11 is 0. The van der Waals surface area contributed by atoms with Crippen LogP contribution >= 0.6 is 0 Å². The summed E-state index contributed by atoms with van der Waals surface area (Å²) in [5.41, 5.74) is 1.26. The highest BCUT2D eigenvalue weighted by Crippen LogP contribution is 2.35. The van der Waals surface area contributed by atoms with Crippen LogP contribution in [0.15, 0.2) is 18.2 Å². The molecular formula is C31H58O5. The summed E-state index contributed by atoms with van der Waals surface area (Å²) in [6, 6.07) is 6.25. The molecule has 0 aliphatic rings. The summed E-state index contributed by atoms with van der Waals surface area (Å²) in [7, 11) is 3.36. The number of carboxylic acid groups (broad SMARTS) is 1. The SMILES string of the molecule is CC.CCC.CCC(C)C(CCCC(=O)O)CC(Cc1ccc(OC)c(OCCCOC)c1)C(C)C. The van der Waals surface area contributed by atoms with Gasteiger partial charge in [-0.15, -0.1) is 0 Å². The normalized spacial score (nSPS) is 13.0. The summed E-state index contributed by atoms with van der Waals surface area (Å²) in [5, 5.41) is 9.02. The van der Waals surface area contributed by atoms with Crippen LogP contribution in [-0.2, 0) is 16.0 Å². The Labute approximate surface area is 223 Å². The van der Waals surface area contributed by atoms with E-state index in [9.17, 15) is 4.79 Å². The summed E-state index contributed by atoms with van der Waals surface area (Å²) in [4.78, 5) is 11.0. The van der Waals surface area contributed by atoms with Crippen LogP contribution in [0.5, 0.6) is 11.5 Å². The van der Waals surface area contributed by atoms with Crippen molar-refractivity contribution in [1.82, 2.24) is 0 Å². The van der Waals surface area contributed by atoms with Gasteiger partial charge < -0.3 is 19.3 Å². The van der Waals surface area contributed by atoms with E-state index in [0.717, 1.165) is 50.0 Å². The Morgan fingerprint density at radius 3 is 2.08 bits per heavy atom. The number of carboxylic acids is 1. The number of benzene rings is 1. The van der Waals surface area contributed by atoms with Gasteiger partial charge in [-0.25, -0.2) is 0 Å². The summed E-state index contributed by atoms with van der Waals surface area (Å²) in [5.74, 6) is 3.11. The zero-order valence-corrected chi connectivity index (χ0v) is 25.2. The van der Waals surface area contributed by atoms with Crippen LogP contribution in [0.2, 0.25) is 0 Å². The molecule has 1 aromatic carbocycles. The molecule has 0 saturated heterocycles. The molecule has 0 spiro atoms. The van der Waals surface area contributed by atoms with Crippen LogP contribution < -0.4 is 9.47 Å². The maximum absolute atomic E-state index is 11.0. The molecule has 0 heterocycles. The lowest BCUT2D eigenvalue weighted by Gasteiger charge is -2.30. The molecule has 0 amide bonds. The van der Waals surface area contributed by atoms with E-state index >= 15 is 0 Å². The zero-order chi connectivity index (χ0) is 27.9. The number of rotatable bonds is 17. The second-order valence-corrected chi connectivity index (χ2v) is 9.76. The van der Waals surface area contributed by atoms with Crippen molar-refractivity contribution in [3.8, 4) is 11.5 Å². The number of aliphatic carboxylic acids is 1. The molecule has 5 heteroatoms. The average molecular weight is 511 g/mol. The standard InChI is InChI=1S/C26H44O5.C3H8.C2H6/c1-7-20(4)22(10-8-11-26(27)28)18-23(19(2)3)16-21-12-13-24(30-6)25(17-21)31-15-9-14-29-5;1-3-2;1-2/h12-13,17,19-20,22-23H,7-11,14-16,18H2,1-6H3,(H,27,28);3H2,1-2H3;1-2H3. The van der Waals surface area contributed by atoms with Crippen molar-refractivity contribution in [2.24, 2.45) is 23.7 Å². The van der Waals surface area contributed by atoms with Crippen molar-refractivity contribution in [3.05, 3.63) is 23.8 Å². The maximum Gasteiger partial charge on any atom is 0.303 e. The fourth-order valence-corrected chi connectivity index (χ4v) is 4.11. The van der Waals surface area contributed by atoms with Crippen molar-refractivity contribution >= 4 is 5.97 Å². The van der Waals surface area contributed by atoms with Gasteiger partial charge in [-0.3, -0.25) is 4.79 Å². The van der Waals surface area contributed by atoms with Gasteiger partial charge in [0.05, 0.1) is 13.7 Å².